The van der Waals surface area contributed by atoms with Crippen LogP contribution in [0.25, 0.3) is 10.9 Å². The van der Waals surface area contributed by atoms with Crippen molar-refractivity contribution in [1.82, 2.24) is 19.4 Å². The molecule has 2 aliphatic heterocycles. The van der Waals surface area contributed by atoms with E-state index in [1.807, 2.05) is 31.2 Å². The van der Waals surface area contributed by atoms with E-state index < -0.39 is 0 Å². The average molecular weight is 585 g/mol. The third-order valence-corrected chi connectivity index (χ3v) is 11.4. The first-order valence-corrected chi connectivity index (χ1v) is 16.3. The predicted octanol–water partition coefficient (Wildman–Crippen LogP) is 5.71. The van der Waals surface area contributed by atoms with Crippen LogP contribution in [0, 0.1) is 35.9 Å². The normalized spacial score (nSPS) is 28.5. The summed E-state index contributed by atoms with van der Waals surface area (Å²) in [5, 5.41) is 4.27. The number of aromatic nitrogens is 2. The van der Waals surface area contributed by atoms with Gasteiger partial charge in [-0.15, -0.1) is 0 Å². The van der Waals surface area contributed by atoms with E-state index in [9.17, 15) is 9.18 Å². The smallest absolute Gasteiger partial charge is 0.261 e. The summed E-state index contributed by atoms with van der Waals surface area (Å²) in [7, 11) is 0. The molecule has 2 bridgehead atoms. The van der Waals surface area contributed by atoms with Crippen molar-refractivity contribution in [2.24, 2.45) is 28.2 Å². The van der Waals surface area contributed by atoms with Crippen LogP contribution >= 0.6 is 0 Å². The maximum atomic E-state index is 14.4. The van der Waals surface area contributed by atoms with Crippen molar-refractivity contribution in [2.75, 3.05) is 31.5 Å². The lowest BCUT2D eigenvalue weighted by atomic mass is 9.45. The summed E-state index contributed by atoms with van der Waals surface area (Å²) in [5.74, 6) is 2.80. The molecule has 5 atom stereocenters. The highest BCUT2D eigenvalue weighted by Crippen LogP contribution is 2.61. The molecule has 3 aromatic rings. The van der Waals surface area contributed by atoms with Gasteiger partial charge >= 0.3 is 0 Å². The van der Waals surface area contributed by atoms with Gasteiger partial charge in [0, 0.05) is 37.9 Å². The third-order valence-electron chi connectivity index (χ3n) is 11.4. The average Bonchev–Trinajstić information content (AvgIpc) is 3.46. The number of aryl methyl sites for hydroxylation is 3. The topological polar surface area (TPSA) is 65.8 Å². The van der Waals surface area contributed by atoms with Crippen molar-refractivity contribution < 1.29 is 4.39 Å². The molecule has 8 rings (SSSR count). The van der Waals surface area contributed by atoms with Gasteiger partial charge in [0.2, 0.25) is 0 Å². The summed E-state index contributed by atoms with van der Waals surface area (Å²) in [5.41, 5.74) is 3.38. The van der Waals surface area contributed by atoms with E-state index in [0.717, 1.165) is 55.1 Å². The van der Waals surface area contributed by atoms with E-state index in [2.05, 4.69) is 40.9 Å². The van der Waals surface area contributed by atoms with Gasteiger partial charge in [-0.2, -0.15) is 0 Å². The van der Waals surface area contributed by atoms with Crippen LogP contribution in [0.5, 0.6) is 0 Å². The molecule has 0 amide bonds. The van der Waals surface area contributed by atoms with Crippen molar-refractivity contribution in [2.45, 2.75) is 78.4 Å². The molecule has 1 unspecified atom stereocenters. The molecule has 43 heavy (non-hydrogen) atoms. The molecule has 5 fully saturated rings. The largest absolute Gasteiger partial charge is 0.340 e. The molecule has 228 valence electrons. The highest BCUT2D eigenvalue weighted by Gasteiger charge is 2.56. The molecule has 7 nitrogen and oxygen atoms in total. The second kappa shape index (κ2) is 11.0. The highest BCUT2D eigenvalue weighted by molar-refractivity contribution is 5.96. The molecule has 3 aliphatic carbocycles. The Labute approximate surface area is 254 Å². The van der Waals surface area contributed by atoms with Crippen molar-refractivity contribution in [3.05, 3.63) is 70.0 Å². The summed E-state index contributed by atoms with van der Waals surface area (Å²) < 4.78 is 15.9. The number of hydrogen-bond donors (Lipinski definition) is 1. The number of nitrogens with one attached hydrogen (secondary N) is 1. The molecule has 5 aliphatic rings. The number of piperazine rings is 1. The maximum absolute atomic E-state index is 14.4. The van der Waals surface area contributed by atoms with Crippen LogP contribution in [0.2, 0.25) is 0 Å². The molecule has 1 N–H and O–H groups in total. The molecule has 0 spiro atoms. The summed E-state index contributed by atoms with van der Waals surface area (Å²) in [6.45, 7) is 13.8. The van der Waals surface area contributed by atoms with Gasteiger partial charge in [0.05, 0.1) is 23.3 Å². The number of fused-ring (bicyclic) bond motifs is 4. The first-order chi connectivity index (χ1) is 20.7. The molecule has 0 radical (unpaired) electrons. The highest BCUT2D eigenvalue weighted by atomic mass is 19.1. The number of nitrogens with zero attached hydrogens (tertiary/aromatic N) is 5. The molecular formula is C35H45FN6O. The molecule has 3 heterocycles. The Morgan fingerprint density at radius 1 is 1.14 bits per heavy atom. The Hall–Kier alpha value is -3.26. The Kier molecular flexibility index (Phi) is 7.31. The molecule has 2 aromatic carbocycles. The van der Waals surface area contributed by atoms with Gasteiger partial charge in [0.1, 0.15) is 5.82 Å². The number of aliphatic imine (C=N–C) groups is 1. The number of guanidine groups is 1. The number of halogens is 1. The van der Waals surface area contributed by atoms with Crippen LogP contribution in [0.15, 0.2) is 52.5 Å². The second-order valence-electron chi connectivity index (χ2n) is 14.2. The predicted molar refractivity (Wildman–Crippen MR) is 171 cm³/mol. The SMILES string of the molecule is Cc1ccc(CCn2cnc3cc(N/C(=N/[C@H]4C[C@@H]5C[C@H]([C@@H]4C)C5(C)C)N4CCN5CCCC5C4)ccc3c2=O)c(F)c1. The lowest BCUT2D eigenvalue weighted by Gasteiger charge is -2.61. The Bertz CT molecular complexity index is 1610. The molecule has 2 saturated heterocycles. The lowest BCUT2D eigenvalue weighted by Crippen LogP contribution is -2.57. The first-order valence-electron chi connectivity index (χ1n) is 16.3. The van der Waals surface area contributed by atoms with Crippen molar-refractivity contribution in [3.63, 3.8) is 0 Å². The number of rotatable bonds is 5. The summed E-state index contributed by atoms with van der Waals surface area (Å²) in [6, 6.07) is 12.0. The van der Waals surface area contributed by atoms with Gasteiger partial charge in [-0.1, -0.05) is 32.9 Å². The Balaban J connectivity index is 1.13. The van der Waals surface area contributed by atoms with Crippen LogP contribution < -0.4 is 10.9 Å². The van der Waals surface area contributed by atoms with Crippen molar-refractivity contribution in [3.8, 4) is 0 Å². The van der Waals surface area contributed by atoms with Gasteiger partial charge in [-0.25, -0.2) is 14.4 Å². The van der Waals surface area contributed by atoms with E-state index in [-0.39, 0.29) is 11.4 Å². The lowest BCUT2D eigenvalue weighted by molar-refractivity contribution is -0.108. The fourth-order valence-electron chi connectivity index (χ4n) is 8.45. The molecule has 1 aromatic heterocycles. The van der Waals surface area contributed by atoms with E-state index >= 15 is 0 Å². The fourth-order valence-corrected chi connectivity index (χ4v) is 8.45. The molecule has 8 heteroatoms. The van der Waals surface area contributed by atoms with E-state index in [4.69, 9.17) is 4.99 Å². The zero-order valence-electron chi connectivity index (χ0n) is 26.0. The zero-order valence-corrected chi connectivity index (χ0v) is 26.0. The van der Waals surface area contributed by atoms with Gasteiger partial charge in [-0.3, -0.25) is 14.3 Å². The van der Waals surface area contributed by atoms with Crippen LogP contribution in [0.1, 0.15) is 57.6 Å². The monoisotopic (exact) mass is 584 g/mol. The van der Waals surface area contributed by atoms with Gasteiger partial charge in [0.25, 0.3) is 5.56 Å². The first kappa shape index (κ1) is 28.5. The summed E-state index contributed by atoms with van der Waals surface area (Å²) >= 11 is 0. The minimum Gasteiger partial charge on any atom is -0.340 e. The Morgan fingerprint density at radius 3 is 2.79 bits per heavy atom. The molecular weight excluding hydrogens is 539 g/mol. The fraction of sp³-hybridized carbons (Fsp3) is 0.571. The van der Waals surface area contributed by atoms with Gasteiger partial charge in [-0.05, 0) is 104 Å². The van der Waals surface area contributed by atoms with E-state index in [0.29, 0.717) is 52.8 Å². The number of benzene rings is 2. The Morgan fingerprint density at radius 2 is 2.00 bits per heavy atom. The number of hydrogen-bond acceptors (Lipinski definition) is 4. The second-order valence-corrected chi connectivity index (χ2v) is 14.2. The van der Waals surface area contributed by atoms with Gasteiger partial charge in [0.15, 0.2) is 5.96 Å². The third kappa shape index (κ3) is 5.26. The number of anilines is 1. The minimum atomic E-state index is -0.229. The van der Waals surface area contributed by atoms with Crippen molar-refractivity contribution >= 4 is 22.5 Å². The van der Waals surface area contributed by atoms with E-state index in [1.54, 1.807) is 17.0 Å². The van der Waals surface area contributed by atoms with E-state index in [1.165, 1.54) is 31.9 Å². The molecule has 3 saturated carbocycles. The minimum absolute atomic E-state index is 0.104. The van der Waals surface area contributed by atoms with Crippen LogP contribution in [0.4, 0.5) is 10.1 Å². The summed E-state index contributed by atoms with van der Waals surface area (Å²) in [4.78, 5) is 28.5. The summed E-state index contributed by atoms with van der Waals surface area (Å²) in [6.07, 6.45) is 7.06. The van der Waals surface area contributed by atoms with Crippen LogP contribution in [-0.4, -0.2) is 63.6 Å². The van der Waals surface area contributed by atoms with Crippen LogP contribution in [-0.2, 0) is 13.0 Å². The quantitative estimate of drug-likeness (QED) is 0.308. The van der Waals surface area contributed by atoms with Gasteiger partial charge < -0.3 is 10.2 Å². The standard InChI is InChI=1S/C35H45FN6O/c1-22-7-8-24(30(36)16-22)11-13-42-21-37-32-19-26(9-10-28(32)33(42)43)38-34(41-15-14-40-12-5-6-27(40)20-41)39-31-18-25-17-29(23(31)2)35(25,3)4/h7-10,16,19,21,23,25,27,29,31H,5-6,11-15,17-18,20H2,1-4H3,(H,38,39)/t23-,25-,27?,29+,31-/m0/s1. The van der Waals surface area contributed by atoms with Crippen LogP contribution in [0.3, 0.4) is 0 Å². The van der Waals surface area contributed by atoms with Crippen molar-refractivity contribution in [1.29, 1.82) is 0 Å². The maximum Gasteiger partial charge on any atom is 0.261 e. The zero-order chi connectivity index (χ0) is 29.9.